The number of hydrogen-bond acceptors (Lipinski definition) is 3. The fraction of sp³-hybridized carbons (Fsp3) is 0.375. The van der Waals surface area contributed by atoms with Gasteiger partial charge in [0.05, 0.1) is 5.69 Å². The van der Waals surface area contributed by atoms with E-state index in [0.29, 0.717) is 0 Å². The van der Waals surface area contributed by atoms with Crippen LogP contribution in [0.3, 0.4) is 0 Å². The van der Waals surface area contributed by atoms with Gasteiger partial charge in [-0.3, -0.25) is 0 Å². The molecule has 0 radical (unpaired) electrons. The quantitative estimate of drug-likeness (QED) is 0.913. The molecule has 1 aromatic heterocycles. The van der Waals surface area contributed by atoms with Crippen LogP contribution in [-0.2, 0) is 6.42 Å². The van der Waals surface area contributed by atoms with E-state index in [4.69, 9.17) is 5.73 Å². The van der Waals surface area contributed by atoms with Crippen molar-refractivity contribution in [3.8, 4) is 11.3 Å². The van der Waals surface area contributed by atoms with E-state index in [9.17, 15) is 0 Å². The van der Waals surface area contributed by atoms with Crippen molar-refractivity contribution in [3.63, 3.8) is 0 Å². The molecule has 0 unspecified atom stereocenters. The minimum absolute atomic E-state index is 0.179. The molecule has 0 aliphatic rings. The molecular weight excluding hydrogens is 234 g/mol. The molecule has 2 rings (SSSR count). The van der Waals surface area contributed by atoms with Gasteiger partial charge in [0.15, 0.2) is 0 Å². The number of benzene rings is 1. The van der Waals surface area contributed by atoms with E-state index >= 15 is 0 Å². The van der Waals surface area contributed by atoms with Crippen molar-refractivity contribution in [2.45, 2.75) is 39.2 Å². The fourth-order valence-corrected chi connectivity index (χ4v) is 1.96. The lowest BCUT2D eigenvalue weighted by Crippen LogP contribution is -2.32. The second-order valence-electron chi connectivity index (χ2n) is 5.66. The lowest BCUT2D eigenvalue weighted by molar-refractivity contribution is 0.471. The standard InChI is InChI=1S/C16H21N3/c1-12-6-4-5-7-13(12)14-9-11-18-15(19-14)8-10-16(2,3)17/h4-7,9,11H,8,10,17H2,1-3H3. The minimum Gasteiger partial charge on any atom is -0.326 e. The molecule has 0 aliphatic heterocycles. The second kappa shape index (κ2) is 5.49. The van der Waals surface area contributed by atoms with Gasteiger partial charge >= 0.3 is 0 Å². The normalized spacial score (nSPS) is 11.6. The predicted octanol–water partition coefficient (Wildman–Crippen LogP) is 3.12. The summed E-state index contributed by atoms with van der Waals surface area (Å²) < 4.78 is 0. The molecule has 2 N–H and O–H groups in total. The maximum atomic E-state index is 6.00. The lowest BCUT2D eigenvalue weighted by atomic mass is 10.00. The minimum atomic E-state index is -0.179. The van der Waals surface area contributed by atoms with Crippen LogP contribution in [0.25, 0.3) is 11.3 Å². The highest BCUT2D eigenvalue weighted by atomic mass is 14.9. The monoisotopic (exact) mass is 255 g/mol. The van der Waals surface area contributed by atoms with Gasteiger partial charge in [0.2, 0.25) is 0 Å². The maximum absolute atomic E-state index is 6.00. The molecule has 0 amide bonds. The number of hydrogen-bond donors (Lipinski definition) is 1. The summed E-state index contributed by atoms with van der Waals surface area (Å²) in [6, 6.07) is 10.2. The highest BCUT2D eigenvalue weighted by molar-refractivity contribution is 5.62. The van der Waals surface area contributed by atoms with E-state index in [-0.39, 0.29) is 5.54 Å². The Balaban J connectivity index is 2.23. The zero-order valence-corrected chi connectivity index (χ0v) is 11.9. The maximum Gasteiger partial charge on any atom is 0.129 e. The Labute approximate surface area is 114 Å². The fourth-order valence-electron chi connectivity index (χ4n) is 1.96. The van der Waals surface area contributed by atoms with Crippen LogP contribution in [0.2, 0.25) is 0 Å². The summed E-state index contributed by atoms with van der Waals surface area (Å²) in [4.78, 5) is 8.97. The van der Waals surface area contributed by atoms with Gasteiger partial charge in [-0.15, -0.1) is 0 Å². The van der Waals surface area contributed by atoms with Gasteiger partial charge in [-0.2, -0.15) is 0 Å². The molecule has 100 valence electrons. The Bertz CT molecular complexity index is 556. The number of nitrogens with two attached hydrogens (primary N) is 1. The summed E-state index contributed by atoms with van der Waals surface area (Å²) in [5.74, 6) is 0.860. The summed E-state index contributed by atoms with van der Waals surface area (Å²) in [7, 11) is 0. The summed E-state index contributed by atoms with van der Waals surface area (Å²) in [6.45, 7) is 6.15. The van der Waals surface area contributed by atoms with Crippen LogP contribution in [0.1, 0.15) is 31.7 Å². The molecule has 3 nitrogen and oxygen atoms in total. The first kappa shape index (κ1) is 13.7. The molecule has 0 fully saturated rings. The topological polar surface area (TPSA) is 51.8 Å². The smallest absolute Gasteiger partial charge is 0.129 e. The second-order valence-corrected chi connectivity index (χ2v) is 5.66. The molecule has 1 aromatic carbocycles. The van der Waals surface area contributed by atoms with Gasteiger partial charge in [0.25, 0.3) is 0 Å². The zero-order chi connectivity index (χ0) is 13.9. The van der Waals surface area contributed by atoms with Crippen molar-refractivity contribution >= 4 is 0 Å². The predicted molar refractivity (Wildman–Crippen MR) is 78.8 cm³/mol. The Morgan fingerprint density at radius 1 is 1.16 bits per heavy atom. The van der Waals surface area contributed by atoms with Gasteiger partial charge in [0, 0.05) is 23.7 Å². The third-order valence-corrected chi connectivity index (χ3v) is 3.12. The third-order valence-electron chi connectivity index (χ3n) is 3.12. The van der Waals surface area contributed by atoms with E-state index < -0.39 is 0 Å². The van der Waals surface area contributed by atoms with E-state index in [1.807, 2.05) is 38.2 Å². The molecule has 19 heavy (non-hydrogen) atoms. The van der Waals surface area contributed by atoms with Gasteiger partial charge in [0.1, 0.15) is 5.82 Å². The number of nitrogens with zero attached hydrogens (tertiary/aromatic N) is 2. The van der Waals surface area contributed by atoms with Crippen LogP contribution in [0.5, 0.6) is 0 Å². The molecule has 0 spiro atoms. The van der Waals surface area contributed by atoms with Crippen molar-refractivity contribution < 1.29 is 0 Å². The van der Waals surface area contributed by atoms with Crippen LogP contribution >= 0.6 is 0 Å². The van der Waals surface area contributed by atoms with E-state index in [2.05, 4.69) is 29.0 Å². The Morgan fingerprint density at radius 3 is 2.58 bits per heavy atom. The molecule has 1 heterocycles. The van der Waals surface area contributed by atoms with Crippen LogP contribution in [0.4, 0.5) is 0 Å². The molecule has 0 bridgehead atoms. The van der Waals surface area contributed by atoms with Crippen molar-refractivity contribution in [3.05, 3.63) is 47.9 Å². The Morgan fingerprint density at radius 2 is 1.89 bits per heavy atom. The molecule has 3 heteroatoms. The summed E-state index contributed by atoms with van der Waals surface area (Å²) in [5, 5.41) is 0. The summed E-state index contributed by atoms with van der Waals surface area (Å²) in [6.07, 6.45) is 3.51. The molecule has 2 aromatic rings. The largest absolute Gasteiger partial charge is 0.326 e. The first-order chi connectivity index (χ1) is 8.96. The average molecular weight is 255 g/mol. The average Bonchev–Trinajstić information content (AvgIpc) is 2.36. The van der Waals surface area contributed by atoms with Crippen LogP contribution in [0, 0.1) is 6.92 Å². The van der Waals surface area contributed by atoms with Crippen molar-refractivity contribution in [2.75, 3.05) is 0 Å². The van der Waals surface area contributed by atoms with Crippen molar-refractivity contribution in [1.29, 1.82) is 0 Å². The summed E-state index contributed by atoms with van der Waals surface area (Å²) >= 11 is 0. The molecule has 0 saturated carbocycles. The number of aryl methyl sites for hydroxylation is 2. The van der Waals surface area contributed by atoms with E-state index in [0.717, 1.165) is 29.9 Å². The van der Waals surface area contributed by atoms with Crippen LogP contribution in [0.15, 0.2) is 36.5 Å². The molecular formula is C16H21N3. The number of aromatic nitrogens is 2. The molecule has 0 saturated heterocycles. The highest BCUT2D eigenvalue weighted by Gasteiger charge is 2.12. The number of rotatable bonds is 4. The van der Waals surface area contributed by atoms with Crippen LogP contribution < -0.4 is 5.73 Å². The molecule has 0 atom stereocenters. The van der Waals surface area contributed by atoms with Crippen molar-refractivity contribution in [2.24, 2.45) is 5.73 Å². The van der Waals surface area contributed by atoms with Gasteiger partial charge in [-0.05, 0) is 38.8 Å². The van der Waals surface area contributed by atoms with Gasteiger partial charge < -0.3 is 5.73 Å². The lowest BCUT2D eigenvalue weighted by Gasteiger charge is -2.17. The first-order valence-electron chi connectivity index (χ1n) is 6.62. The summed E-state index contributed by atoms with van der Waals surface area (Å²) in [5.41, 5.74) is 9.20. The Kier molecular flexibility index (Phi) is 3.96. The molecule has 0 aliphatic carbocycles. The van der Waals surface area contributed by atoms with E-state index in [1.165, 1.54) is 5.56 Å². The van der Waals surface area contributed by atoms with Crippen molar-refractivity contribution in [1.82, 2.24) is 9.97 Å². The van der Waals surface area contributed by atoms with Gasteiger partial charge in [-0.1, -0.05) is 24.3 Å². The van der Waals surface area contributed by atoms with E-state index in [1.54, 1.807) is 0 Å². The Hall–Kier alpha value is -1.74. The van der Waals surface area contributed by atoms with Gasteiger partial charge in [-0.25, -0.2) is 9.97 Å². The SMILES string of the molecule is Cc1ccccc1-c1ccnc(CCC(C)(C)N)n1. The first-order valence-corrected chi connectivity index (χ1v) is 6.62. The highest BCUT2D eigenvalue weighted by Crippen LogP contribution is 2.21. The zero-order valence-electron chi connectivity index (χ0n) is 11.9. The van der Waals surface area contributed by atoms with Crippen LogP contribution in [-0.4, -0.2) is 15.5 Å². The third kappa shape index (κ3) is 3.86.